The van der Waals surface area contributed by atoms with Gasteiger partial charge >= 0.3 is 0 Å². The largest absolute Gasteiger partial charge is 0.497 e. The average molecular weight is 250 g/mol. The fraction of sp³-hybridized carbons (Fsp3) is 0.571. The number of methoxy groups -OCH3 is 1. The van der Waals surface area contributed by atoms with E-state index in [1.807, 2.05) is 12.1 Å². The van der Waals surface area contributed by atoms with E-state index < -0.39 is 0 Å². The highest BCUT2D eigenvalue weighted by Gasteiger charge is 2.46. The summed E-state index contributed by atoms with van der Waals surface area (Å²) >= 11 is 0. The zero-order valence-corrected chi connectivity index (χ0v) is 11.3. The lowest BCUT2D eigenvalue weighted by atomic mass is 9.74. The van der Waals surface area contributed by atoms with Crippen LogP contribution in [0.1, 0.15) is 11.6 Å². The van der Waals surface area contributed by atoms with Crippen LogP contribution < -0.4 is 10.5 Å². The van der Waals surface area contributed by atoms with E-state index in [9.17, 15) is 0 Å². The third-order valence-corrected chi connectivity index (χ3v) is 3.69. The summed E-state index contributed by atoms with van der Waals surface area (Å²) in [5.41, 5.74) is 7.23. The Kier molecular flexibility index (Phi) is 3.90. The van der Waals surface area contributed by atoms with Crippen molar-refractivity contribution in [2.75, 3.05) is 41.0 Å². The Morgan fingerprint density at radius 2 is 2.17 bits per heavy atom. The van der Waals surface area contributed by atoms with Gasteiger partial charge in [0.25, 0.3) is 0 Å². The molecule has 4 nitrogen and oxygen atoms in total. The summed E-state index contributed by atoms with van der Waals surface area (Å²) in [6.45, 7) is 2.08. The smallest absolute Gasteiger partial charge is 0.119 e. The second kappa shape index (κ2) is 5.26. The van der Waals surface area contributed by atoms with Crippen LogP contribution in [0, 0.1) is 5.41 Å². The summed E-state index contributed by atoms with van der Waals surface area (Å²) in [6.07, 6.45) is 0. The second-order valence-electron chi connectivity index (χ2n) is 5.20. The lowest BCUT2D eigenvalue weighted by Crippen LogP contribution is -2.55. The van der Waals surface area contributed by atoms with Gasteiger partial charge in [-0.15, -0.1) is 0 Å². The van der Waals surface area contributed by atoms with Crippen LogP contribution in [0.5, 0.6) is 5.75 Å². The Balaban J connectivity index is 2.35. The van der Waals surface area contributed by atoms with Crippen molar-refractivity contribution in [3.63, 3.8) is 0 Å². The minimum absolute atomic E-state index is 0.0237. The van der Waals surface area contributed by atoms with Gasteiger partial charge in [-0.05, 0) is 31.8 Å². The van der Waals surface area contributed by atoms with Gasteiger partial charge in [-0.2, -0.15) is 0 Å². The van der Waals surface area contributed by atoms with Crippen molar-refractivity contribution in [2.45, 2.75) is 6.04 Å². The van der Waals surface area contributed by atoms with Crippen LogP contribution >= 0.6 is 0 Å². The minimum atomic E-state index is 0.0237. The van der Waals surface area contributed by atoms with E-state index in [4.69, 9.17) is 15.2 Å². The van der Waals surface area contributed by atoms with Crippen LogP contribution in [0.2, 0.25) is 0 Å². The molecule has 1 atom stereocenters. The molecule has 1 heterocycles. The number of benzene rings is 1. The molecule has 100 valence electrons. The van der Waals surface area contributed by atoms with Gasteiger partial charge in [0.05, 0.1) is 20.3 Å². The summed E-state index contributed by atoms with van der Waals surface area (Å²) in [5, 5.41) is 0. The molecule has 1 aromatic carbocycles. The molecule has 18 heavy (non-hydrogen) atoms. The van der Waals surface area contributed by atoms with Gasteiger partial charge in [-0.25, -0.2) is 0 Å². The fourth-order valence-corrected chi connectivity index (χ4v) is 2.76. The van der Waals surface area contributed by atoms with Crippen LogP contribution in [0.4, 0.5) is 0 Å². The molecule has 0 aromatic heterocycles. The van der Waals surface area contributed by atoms with Crippen molar-refractivity contribution in [1.82, 2.24) is 4.90 Å². The first kappa shape index (κ1) is 13.3. The monoisotopic (exact) mass is 250 g/mol. The van der Waals surface area contributed by atoms with Crippen molar-refractivity contribution in [3.8, 4) is 5.75 Å². The van der Waals surface area contributed by atoms with Crippen molar-refractivity contribution in [2.24, 2.45) is 11.1 Å². The molecule has 2 N–H and O–H groups in total. The van der Waals surface area contributed by atoms with Gasteiger partial charge in [-0.1, -0.05) is 12.1 Å². The predicted octanol–water partition coefficient (Wildman–Crippen LogP) is 1.27. The maximum absolute atomic E-state index is 5.98. The summed E-state index contributed by atoms with van der Waals surface area (Å²) in [7, 11) is 5.86. The maximum Gasteiger partial charge on any atom is 0.119 e. The SMILES string of the molecule is COc1cccc(C(N(C)C)C2(CN)COC2)c1. The van der Waals surface area contributed by atoms with Gasteiger partial charge in [0, 0.05) is 18.0 Å². The Bertz CT molecular complexity index is 397. The zero-order valence-electron chi connectivity index (χ0n) is 11.3. The Morgan fingerprint density at radius 3 is 2.61 bits per heavy atom. The van der Waals surface area contributed by atoms with Crippen LogP contribution in [0.25, 0.3) is 0 Å². The number of nitrogens with zero attached hydrogens (tertiary/aromatic N) is 1. The molecule has 4 heteroatoms. The van der Waals surface area contributed by atoms with Gasteiger partial charge in [0.15, 0.2) is 0 Å². The average Bonchev–Trinajstić information content (AvgIpc) is 2.33. The van der Waals surface area contributed by atoms with Crippen molar-refractivity contribution in [1.29, 1.82) is 0 Å². The molecule has 0 radical (unpaired) electrons. The highest BCUT2D eigenvalue weighted by atomic mass is 16.5. The minimum Gasteiger partial charge on any atom is -0.497 e. The van der Waals surface area contributed by atoms with E-state index in [1.165, 1.54) is 5.56 Å². The van der Waals surface area contributed by atoms with Crippen molar-refractivity contribution >= 4 is 0 Å². The van der Waals surface area contributed by atoms with Crippen LogP contribution in [0.15, 0.2) is 24.3 Å². The predicted molar refractivity (Wildman–Crippen MR) is 71.7 cm³/mol. The van der Waals surface area contributed by atoms with E-state index in [0.717, 1.165) is 19.0 Å². The number of hydrogen-bond donors (Lipinski definition) is 1. The molecular formula is C14H22N2O2. The lowest BCUT2D eigenvalue weighted by Gasteiger charge is -2.49. The first-order chi connectivity index (χ1) is 8.63. The van der Waals surface area contributed by atoms with Gasteiger partial charge < -0.3 is 20.1 Å². The van der Waals surface area contributed by atoms with Crippen LogP contribution in [0.3, 0.4) is 0 Å². The molecule has 1 aliphatic heterocycles. The molecule has 0 aliphatic carbocycles. The van der Waals surface area contributed by atoms with Crippen molar-refractivity contribution in [3.05, 3.63) is 29.8 Å². The third kappa shape index (κ3) is 2.23. The lowest BCUT2D eigenvalue weighted by molar-refractivity contribution is -0.145. The van der Waals surface area contributed by atoms with Crippen LogP contribution in [-0.2, 0) is 4.74 Å². The molecular weight excluding hydrogens is 228 g/mol. The topological polar surface area (TPSA) is 47.7 Å². The van der Waals surface area contributed by atoms with E-state index in [0.29, 0.717) is 6.54 Å². The summed E-state index contributed by atoms with van der Waals surface area (Å²) in [4.78, 5) is 2.21. The number of hydrogen-bond acceptors (Lipinski definition) is 4. The Morgan fingerprint density at radius 1 is 1.44 bits per heavy atom. The van der Waals surface area contributed by atoms with E-state index in [-0.39, 0.29) is 11.5 Å². The van der Waals surface area contributed by atoms with E-state index in [1.54, 1.807) is 7.11 Å². The molecule has 1 aliphatic rings. The molecule has 1 unspecified atom stereocenters. The number of rotatable bonds is 5. The molecule has 1 aromatic rings. The maximum atomic E-state index is 5.98. The van der Waals surface area contributed by atoms with Crippen LogP contribution in [-0.4, -0.2) is 45.9 Å². The summed E-state index contributed by atoms with van der Waals surface area (Å²) in [6, 6.07) is 8.45. The molecule has 2 rings (SSSR count). The van der Waals surface area contributed by atoms with Gasteiger partial charge in [-0.3, -0.25) is 0 Å². The first-order valence-electron chi connectivity index (χ1n) is 6.21. The second-order valence-corrected chi connectivity index (χ2v) is 5.20. The molecule has 0 amide bonds. The molecule has 1 saturated heterocycles. The Labute approximate surface area is 109 Å². The Hall–Kier alpha value is -1.10. The quantitative estimate of drug-likeness (QED) is 0.855. The molecule has 0 saturated carbocycles. The van der Waals surface area contributed by atoms with Crippen molar-refractivity contribution < 1.29 is 9.47 Å². The van der Waals surface area contributed by atoms with Gasteiger partial charge in [0.1, 0.15) is 5.75 Å². The third-order valence-electron chi connectivity index (χ3n) is 3.69. The number of nitrogens with two attached hydrogens (primary N) is 1. The first-order valence-corrected chi connectivity index (χ1v) is 6.21. The molecule has 0 spiro atoms. The highest BCUT2D eigenvalue weighted by molar-refractivity contribution is 5.32. The van der Waals surface area contributed by atoms with E-state index >= 15 is 0 Å². The zero-order chi connectivity index (χ0) is 13.2. The number of ether oxygens (including phenoxy) is 2. The van der Waals surface area contributed by atoms with Gasteiger partial charge in [0.2, 0.25) is 0 Å². The summed E-state index contributed by atoms with van der Waals surface area (Å²) in [5.74, 6) is 0.881. The molecule has 1 fully saturated rings. The van der Waals surface area contributed by atoms with E-state index in [2.05, 4.69) is 31.1 Å². The summed E-state index contributed by atoms with van der Waals surface area (Å²) < 4.78 is 10.7. The molecule has 0 bridgehead atoms. The normalized spacial score (nSPS) is 19.4. The standard InChI is InChI=1S/C14H22N2O2/c1-16(2)13(14(8-15)9-18-10-14)11-5-4-6-12(7-11)17-3/h4-7,13H,8-10,15H2,1-3H3. The highest BCUT2D eigenvalue weighted by Crippen LogP contribution is 2.43. The fourth-order valence-electron chi connectivity index (χ4n) is 2.76.